The lowest BCUT2D eigenvalue weighted by atomic mass is 10.0. The minimum Gasteiger partial charge on any atom is -0.462 e. The summed E-state index contributed by atoms with van der Waals surface area (Å²) in [6.07, 6.45) is 8.73. The van der Waals surface area contributed by atoms with Crippen LogP contribution in [0.4, 0.5) is 0 Å². The van der Waals surface area contributed by atoms with Gasteiger partial charge in [0, 0.05) is 4.47 Å². The molecule has 4 nitrogen and oxygen atoms in total. The van der Waals surface area contributed by atoms with Gasteiger partial charge in [-0.25, -0.2) is 9.59 Å². The maximum atomic E-state index is 12.4. The highest BCUT2D eigenvalue weighted by molar-refractivity contribution is 9.10. The zero-order valence-corrected chi connectivity index (χ0v) is 20.1. The number of benzene rings is 1. The molecule has 0 fully saturated rings. The van der Waals surface area contributed by atoms with Crippen LogP contribution in [0.15, 0.2) is 22.7 Å². The standard InChI is InChI=1S/C24H37BrO4/c1-5-9-11-18(7-3)16-28-23(26)20-13-14-21(22(25)15-20)24(27)29-17-19(8-4)12-10-6-2/h13-15,18-19H,5-12,16-17H2,1-4H3. The van der Waals surface area contributed by atoms with Gasteiger partial charge in [-0.2, -0.15) is 0 Å². The Bertz CT molecular complexity index is 629. The Morgan fingerprint density at radius 3 is 1.83 bits per heavy atom. The molecule has 0 N–H and O–H groups in total. The van der Waals surface area contributed by atoms with E-state index in [1.54, 1.807) is 18.2 Å². The number of carbonyl (C=O) groups excluding carboxylic acids is 2. The van der Waals surface area contributed by atoms with Crippen LogP contribution in [0.2, 0.25) is 0 Å². The second kappa shape index (κ2) is 14.6. The van der Waals surface area contributed by atoms with Crippen LogP contribution in [0.1, 0.15) is 99.8 Å². The maximum Gasteiger partial charge on any atom is 0.339 e. The van der Waals surface area contributed by atoms with Crippen molar-refractivity contribution in [2.75, 3.05) is 13.2 Å². The first-order valence-electron chi connectivity index (χ1n) is 11.1. The SMILES string of the molecule is CCCCC(CC)COC(=O)c1ccc(C(=O)OCC(CC)CCCC)c(Br)c1. The Morgan fingerprint density at radius 2 is 1.38 bits per heavy atom. The summed E-state index contributed by atoms with van der Waals surface area (Å²) >= 11 is 3.40. The molecule has 0 saturated heterocycles. The first kappa shape index (κ1) is 25.7. The molecule has 0 aromatic heterocycles. The van der Waals surface area contributed by atoms with Crippen LogP contribution >= 0.6 is 15.9 Å². The molecule has 0 radical (unpaired) electrons. The van der Waals surface area contributed by atoms with Gasteiger partial charge in [0.2, 0.25) is 0 Å². The van der Waals surface area contributed by atoms with Gasteiger partial charge in [-0.15, -0.1) is 0 Å². The van der Waals surface area contributed by atoms with Crippen LogP contribution in [-0.2, 0) is 9.47 Å². The number of rotatable bonds is 14. The predicted molar refractivity (Wildman–Crippen MR) is 121 cm³/mol. The zero-order chi connectivity index (χ0) is 21.6. The number of carbonyl (C=O) groups is 2. The Kier molecular flexibility index (Phi) is 12.9. The average molecular weight is 469 g/mol. The highest BCUT2D eigenvalue weighted by Crippen LogP contribution is 2.22. The minimum atomic E-state index is -0.364. The largest absolute Gasteiger partial charge is 0.462 e. The van der Waals surface area contributed by atoms with Gasteiger partial charge in [-0.1, -0.05) is 66.2 Å². The summed E-state index contributed by atoms with van der Waals surface area (Å²) in [5.74, 6) is 0.0745. The molecule has 1 rings (SSSR count). The van der Waals surface area contributed by atoms with Crippen molar-refractivity contribution in [1.29, 1.82) is 0 Å². The van der Waals surface area contributed by atoms with E-state index in [-0.39, 0.29) is 11.9 Å². The molecule has 2 atom stereocenters. The fraction of sp³-hybridized carbons (Fsp3) is 0.667. The second-order valence-electron chi connectivity index (χ2n) is 7.72. The van der Waals surface area contributed by atoms with Crippen molar-refractivity contribution in [3.05, 3.63) is 33.8 Å². The Hall–Kier alpha value is -1.36. The topological polar surface area (TPSA) is 52.6 Å². The van der Waals surface area contributed by atoms with Crippen LogP contribution in [0.3, 0.4) is 0 Å². The number of hydrogen-bond acceptors (Lipinski definition) is 4. The maximum absolute atomic E-state index is 12.4. The number of esters is 2. The van der Waals surface area contributed by atoms with Crippen LogP contribution < -0.4 is 0 Å². The first-order chi connectivity index (χ1) is 14.0. The third-order valence-electron chi connectivity index (χ3n) is 5.41. The molecule has 1 aromatic carbocycles. The normalized spacial score (nSPS) is 13.0. The molecule has 2 unspecified atom stereocenters. The fourth-order valence-electron chi connectivity index (χ4n) is 3.15. The van der Waals surface area contributed by atoms with Crippen molar-refractivity contribution in [2.45, 2.75) is 79.1 Å². The highest BCUT2D eigenvalue weighted by atomic mass is 79.9. The van der Waals surface area contributed by atoms with Crippen molar-refractivity contribution in [2.24, 2.45) is 11.8 Å². The van der Waals surface area contributed by atoms with E-state index in [1.165, 1.54) is 0 Å². The molecule has 0 aliphatic carbocycles. The summed E-state index contributed by atoms with van der Waals surface area (Å²) in [4.78, 5) is 24.8. The van der Waals surface area contributed by atoms with Gasteiger partial charge >= 0.3 is 11.9 Å². The van der Waals surface area contributed by atoms with Gasteiger partial charge in [0.15, 0.2) is 0 Å². The predicted octanol–water partition coefficient (Wildman–Crippen LogP) is 7.20. The third kappa shape index (κ3) is 9.33. The fourth-order valence-corrected chi connectivity index (χ4v) is 3.69. The number of halogens is 1. The lowest BCUT2D eigenvalue weighted by Gasteiger charge is -2.16. The van der Waals surface area contributed by atoms with E-state index in [1.807, 2.05) is 0 Å². The van der Waals surface area contributed by atoms with E-state index < -0.39 is 0 Å². The van der Waals surface area contributed by atoms with E-state index in [9.17, 15) is 9.59 Å². The van der Waals surface area contributed by atoms with Gasteiger partial charge in [0.1, 0.15) is 0 Å². The van der Waals surface area contributed by atoms with Crippen LogP contribution in [0, 0.1) is 11.8 Å². The molecule has 5 heteroatoms. The van der Waals surface area contributed by atoms with E-state index in [2.05, 4.69) is 43.6 Å². The number of ether oxygens (including phenoxy) is 2. The number of hydrogen-bond donors (Lipinski definition) is 0. The monoisotopic (exact) mass is 468 g/mol. The Morgan fingerprint density at radius 1 is 0.862 bits per heavy atom. The quantitative estimate of drug-likeness (QED) is 0.271. The summed E-state index contributed by atoms with van der Waals surface area (Å²) in [5.41, 5.74) is 0.870. The third-order valence-corrected chi connectivity index (χ3v) is 6.07. The van der Waals surface area contributed by atoms with E-state index in [0.717, 1.165) is 51.4 Å². The lowest BCUT2D eigenvalue weighted by Crippen LogP contribution is -2.16. The Balaban J connectivity index is 2.63. The molecule has 1 aromatic rings. The van der Waals surface area contributed by atoms with Gasteiger partial charge in [-0.3, -0.25) is 0 Å². The van der Waals surface area contributed by atoms with E-state index >= 15 is 0 Å². The van der Waals surface area contributed by atoms with Crippen LogP contribution in [-0.4, -0.2) is 25.2 Å². The van der Waals surface area contributed by atoms with Gasteiger partial charge in [-0.05, 0) is 58.8 Å². The summed E-state index contributed by atoms with van der Waals surface area (Å²) in [6.45, 7) is 9.44. The van der Waals surface area contributed by atoms with Gasteiger partial charge in [0.05, 0.1) is 24.3 Å². The summed E-state index contributed by atoms with van der Waals surface area (Å²) in [5, 5.41) is 0. The van der Waals surface area contributed by atoms with Crippen molar-refractivity contribution in [3.63, 3.8) is 0 Å². The lowest BCUT2D eigenvalue weighted by molar-refractivity contribution is 0.0413. The van der Waals surface area contributed by atoms with Crippen LogP contribution in [0.25, 0.3) is 0 Å². The van der Waals surface area contributed by atoms with Crippen molar-refractivity contribution in [1.82, 2.24) is 0 Å². The number of unbranched alkanes of at least 4 members (excludes halogenated alkanes) is 2. The average Bonchev–Trinajstić information content (AvgIpc) is 2.73. The van der Waals surface area contributed by atoms with Gasteiger partial charge < -0.3 is 9.47 Å². The van der Waals surface area contributed by atoms with E-state index in [4.69, 9.17) is 9.47 Å². The molecule has 0 aliphatic rings. The summed E-state index contributed by atoms with van der Waals surface area (Å²) < 4.78 is 11.5. The van der Waals surface area contributed by atoms with Crippen LogP contribution in [0.5, 0.6) is 0 Å². The zero-order valence-electron chi connectivity index (χ0n) is 18.5. The minimum absolute atomic E-state index is 0.355. The van der Waals surface area contributed by atoms with E-state index in [0.29, 0.717) is 40.6 Å². The smallest absolute Gasteiger partial charge is 0.339 e. The second-order valence-corrected chi connectivity index (χ2v) is 8.58. The molecule has 0 aliphatic heterocycles. The summed E-state index contributed by atoms with van der Waals surface area (Å²) in [6, 6.07) is 4.90. The van der Waals surface area contributed by atoms with Crippen molar-refractivity contribution >= 4 is 27.9 Å². The highest BCUT2D eigenvalue weighted by Gasteiger charge is 2.18. The molecular weight excluding hydrogens is 432 g/mol. The van der Waals surface area contributed by atoms with Crippen molar-refractivity contribution < 1.29 is 19.1 Å². The molecule has 0 saturated carbocycles. The summed E-state index contributed by atoms with van der Waals surface area (Å²) in [7, 11) is 0. The molecular formula is C24H37BrO4. The molecule has 29 heavy (non-hydrogen) atoms. The molecule has 164 valence electrons. The molecule has 0 heterocycles. The van der Waals surface area contributed by atoms with Crippen molar-refractivity contribution in [3.8, 4) is 0 Å². The first-order valence-corrected chi connectivity index (χ1v) is 11.9. The molecule has 0 amide bonds. The Labute approximate surface area is 184 Å². The molecule has 0 bridgehead atoms. The van der Waals surface area contributed by atoms with Gasteiger partial charge in [0.25, 0.3) is 0 Å². The molecule has 0 spiro atoms.